The Balaban J connectivity index is 1.62. The molecule has 3 nitrogen and oxygen atoms in total. The molecule has 3 aliphatic heterocycles. The maximum absolute atomic E-state index is 13.2. The van der Waals surface area contributed by atoms with Gasteiger partial charge in [-0.15, -0.1) is 9.24 Å². The Hall–Kier alpha value is -1.89. The lowest BCUT2D eigenvalue weighted by Crippen LogP contribution is -2.52. The molecule has 0 saturated carbocycles. The number of Topliss-reactive ketones (excluding diaryl/α,β-unsaturated/α-hetero) is 1. The topological polar surface area (TPSA) is 41.1 Å². The Morgan fingerprint density at radius 1 is 0.756 bits per heavy atom. The predicted molar refractivity (Wildman–Crippen MR) is 196 cm³/mol. The van der Waals surface area contributed by atoms with Gasteiger partial charge in [-0.1, -0.05) is 108 Å². The fourth-order valence-electron chi connectivity index (χ4n) is 9.12. The second-order valence-corrected chi connectivity index (χ2v) is 19.9. The fourth-order valence-corrected chi connectivity index (χ4v) is 14.4. The first-order valence-corrected chi connectivity index (χ1v) is 19.3. The van der Waals surface area contributed by atoms with E-state index in [1.165, 1.54) is 47.9 Å². The number of rotatable bonds is 8. The van der Waals surface area contributed by atoms with Gasteiger partial charge in [0.15, 0.2) is 0 Å². The first kappa shape index (κ1) is 33.0. The Kier molecular flexibility index (Phi) is 10.0. The Morgan fingerprint density at radius 2 is 1.22 bits per heavy atom. The van der Waals surface area contributed by atoms with Crippen molar-refractivity contribution in [1.82, 2.24) is 10.6 Å². The second-order valence-electron chi connectivity index (χ2n) is 15.3. The highest BCUT2D eigenvalue weighted by molar-refractivity contribution is 7.69. The average Bonchev–Trinajstić information content (AvgIpc) is 3.02. The Morgan fingerprint density at radius 3 is 1.67 bits per heavy atom. The maximum atomic E-state index is 13.2. The Labute approximate surface area is 276 Å². The third-order valence-corrected chi connectivity index (χ3v) is 15.8. The van der Waals surface area contributed by atoms with Crippen LogP contribution in [0.4, 0.5) is 0 Å². The molecule has 3 aliphatic rings. The van der Waals surface area contributed by atoms with Crippen molar-refractivity contribution in [3.8, 4) is 0 Å². The predicted octanol–water partition coefficient (Wildman–Crippen LogP) is 7.97. The summed E-state index contributed by atoms with van der Waals surface area (Å²) in [6.45, 7) is 14.0. The van der Waals surface area contributed by atoms with E-state index in [1.807, 2.05) is 0 Å². The van der Waals surface area contributed by atoms with Crippen molar-refractivity contribution >= 4 is 28.2 Å². The van der Waals surface area contributed by atoms with Gasteiger partial charge in [-0.25, -0.2) is 0 Å². The van der Waals surface area contributed by atoms with Crippen molar-refractivity contribution in [2.45, 2.75) is 94.5 Å². The minimum absolute atomic E-state index is 0.0389. The van der Waals surface area contributed by atoms with E-state index in [4.69, 9.17) is 0 Å². The number of carbonyl (C=O) groups is 1. The molecule has 0 radical (unpaired) electrons. The standard InChI is InChI=1S/C40H54N2OP2/c1-38(2)25-35(43)26-39(3,4)45(38)37-24-32(22-30-15-9-6-10-16-30)31(21-29-13-7-5-8-14-29)23-36(37)40(44,33-17-11-19-41-27-33)34-18-12-20-42-28-34/h5-10,13-16,23-24,33-34,41-42H,11-12,17-22,25-28,44H2,1-4H3. The summed E-state index contributed by atoms with van der Waals surface area (Å²) in [5.41, 5.74) is 7.21. The number of piperidine rings is 2. The first-order chi connectivity index (χ1) is 21.6. The lowest BCUT2D eigenvalue weighted by Gasteiger charge is -2.53. The second kappa shape index (κ2) is 13.7. The van der Waals surface area contributed by atoms with E-state index in [2.05, 4.69) is 120 Å². The zero-order valence-electron chi connectivity index (χ0n) is 28.0. The van der Waals surface area contributed by atoms with E-state index in [1.54, 1.807) is 10.9 Å². The van der Waals surface area contributed by atoms with Gasteiger partial charge in [-0.3, -0.25) is 4.79 Å². The van der Waals surface area contributed by atoms with Crippen molar-refractivity contribution < 1.29 is 4.79 Å². The molecule has 0 aromatic heterocycles. The highest BCUT2D eigenvalue weighted by Gasteiger charge is 2.52. The highest BCUT2D eigenvalue weighted by Crippen LogP contribution is 2.66. The molecule has 3 saturated heterocycles. The molecular formula is C40H54N2OP2. The molecule has 3 unspecified atom stereocenters. The minimum atomic E-state index is -0.645. The smallest absolute Gasteiger partial charge is 0.134 e. The molecule has 0 bridgehead atoms. The molecule has 0 spiro atoms. The van der Waals surface area contributed by atoms with E-state index < -0.39 is 7.92 Å². The summed E-state index contributed by atoms with van der Waals surface area (Å²) in [6.07, 6.45) is 8.22. The van der Waals surface area contributed by atoms with Crippen LogP contribution in [0.25, 0.3) is 0 Å². The average molecular weight is 641 g/mol. The van der Waals surface area contributed by atoms with Crippen LogP contribution in [0.15, 0.2) is 72.8 Å². The van der Waals surface area contributed by atoms with Gasteiger partial charge in [0.2, 0.25) is 0 Å². The van der Waals surface area contributed by atoms with Crippen molar-refractivity contribution in [2.24, 2.45) is 11.8 Å². The van der Waals surface area contributed by atoms with Gasteiger partial charge < -0.3 is 10.6 Å². The zero-order chi connectivity index (χ0) is 31.7. The summed E-state index contributed by atoms with van der Waals surface area (Å²) in [7, 11) is 2.91. The third-order valence-electron chi connectivity index (χ3n) is 10.9. The summed E-state index contributed by atoms with van der Waals surface area (Å²) in [6, 6.07) is 27.4. The van der Waals surface area contributed by atoms with Gasteiger partial charge in [0, 0.05) is 18.0 Å². The van der Waals surface area contributed by atoms with Crippen LogP contribution < -0.4 is 15.9 Å². The van der Waals surface area contributed by atoms with Gasteiger partial charge in [-0.2, -0.15) is 0 Å². The summed E-state index contributed by atoms with van der Waals surface area (Å²) in [5.74, 6) is 1.54. The molecule has 45 heavy (non-hydrogen) atoms. The Bertz CT molecular complexity index is 1420. The summed E-state index contributed by atoms with van der Waals surface area (Å²) >= 11 is 0. The monoisotopic (exact) mass is 640 g/mol. The van der Waals surface area contributed by atoms with Crippen LogP contribution in [0, 0.1) is 11.8 Å². The van der Waals surface area contributed by atoms with Gasteiger partial charge in [0.1, 0.15) is 5.78 Å². The van der Waals surface area contributed by atoms with Crippen molar-refractivity contribution in [3.05, 3.63) is 101 Å². The minimum Gasteiger partial charge on any atom is -0.316 e. The molecule has 2 N–H and O–H groups in total. The molecule has 0 amide bonds. The van der Waals surface area contributed by atoms with Crippen molar-refractivity contribution in [2.75, 3.05) is 26.2 Å². The number of hydrogen-bond donors (Lipinski definition) is 2. The number of hydrogen-bond acceptors (Lipinski definition) is 3. The molecule has 0 aliphatic carbocycles. The molecule has 240 valence electrons. The number of ketones is 1. The molecule has 6 rings (SSSR count). The van der Waals surface area contributed by atoms with E-state index in [-0.39, 0.29) is 15.5 Å². The molecule has 3 fully saturated rings. The van der Waals surface area contributed by atoms with Gasteiger partial charge in [0.25, 0.3) is 0 Å². The van der Waals surface area contributed by atoms with Crippen LogP contribution >= 0.6 is 17.2 Å². The molecule has 3 aromatic rings. The van der Waals surface area contributed by atoms with Crippen LogP contribution in [-0.2, 0) is 22.8 Å². The lowest BCUT2D eigenvalue weighted by molar-refractivity contribution is -0.120. The van der Waals surface area contributed by atoms with E-state index in [9.17, 15) is 4.79 Å². The van der Waals surface area contributed by atoms with Crippen LogP contribution in [0.3, 0.4) is 0 Å². The number of nitrogens with one attached hydrogen (secondary N) is 2. The lowest BCUT2D eigenvalue weighted by atomic mass is 9.70. The molecule has 3 heterocycles. The van der Waals surface area contributed by atoms with E-state index in [0.717, 1.165) is 39.0 Å². The normalized spacial score (nSPS) is 25.0. The molecular weight excluding hydrogens is 586 g/mol. The summed E-state index contributed by atoms with van der Waals surface area (Å²) in [5, 5.41) is 9.04. The van der Waals surface area contributed by atoms with E-state index in [0.29, 0.717) is 30.5 Å². The fraction of sp³-hybridized carbons (Fsp3) is 0.525. The quantitative estimate of drug-likeness (QED) is 0.246. The molecule has 3 atom stereocenters. The van der Waals surface area contributed by atoms with Crippen LogP contribution in [0.2, 0.25) is 0 Å². The number of carbonyl (C=O) groups excluding carboxylic acids is 1. The van der Waals surface area contributed by atoms with Gasteiger partial charge >= 0.3 is 0 Å². The zero-order valence-corrected chi connectivity index (χ0v) is 30.1. The maximum Gasteiger partial charge on any atom is 0.134 e. The van der Waals surface area contributed by atoms with Crippen molar-refractivity contribution in [3.63, 3.8) is 0 Å². The van der Waals surface area contributed by atoms with Gasteiger partial charge in [0.05, 0.1) is 0 Å². The largest absolute Gasteiger partial charge is 0.316 e. The summed E-state index contributed by atoms with van der Waals surface area (Å²) < 4.78 is 0. The third kappa shape index (κ3) is 7.04. The van der Waals surface area contributed by atoms with Crippen LogP contribution in [-0.4, -0.2) is 42.3 Å². The van der Waals surface area contributed by atoms with Crippen molar-refractivity contribution in [1.29, 1.82) is 0 Å². The number of benzene rings is 3. The molecule has 5 heteroatoms. The van der Waals surface area contributed by atoms with Crippen LogP contribution in [0.1, 0.15) is 94.0 Å². The first-order valence-electron chi connectivity index (χ1n) is 17.3. The molecule has 3 aromatic carbocycles. The summed E-state index contributed by atoms with van der Waals surface area (Å²) in [4.78, 5) is 13.2. The highest BCUT2D eigenvalue weighted by atomic mass is 31.1. The van der Waals surface area contributed by atoms with Gasteiger partial charge in [-0.05, 0) is 120 Å². The SMILES string of the molecule is CC1(C)CC(=O)CC(C)(C)P1c1cc(Cc2ccccc2)c(Cc2ccccc2)cc1C(P)(C1CCCNC1)C1CCCNC1. The van der Waals surface area contributed by atoms with E-state index >= 15 is 0 Å². The van der Waals surface area contributed by atoms with Crippen LogP contribution in [0.5, 0.6) is 0 Å².